The first-order valence-corrected chi connectivity index (χ1v) is 7.03. The molecule has 0 radical (unpaired) electrons. The average Bonchev–Trinajstić information content (AvgIpc) is 2.46. The van der Waals surface area contributed by atoms with Crippen LogP contribution in [0.1, 0.15) is 40.9 Å². The number of carbonyl (C=O) groups excluding carboxylic acids is 1. The molecular formula is C18H19FO. The fourth-order valence-corrected chi connectivity index (χ4v) is 2.41. The number of Topliss-reactive ketones (excluding diaryl/α,β-unsaturated/α-hetero) is 1. The van der Waals surface area contributed by atoms with E-state index in [0.29, 0.717) is 11.1 Å². The summed E-state index contributed by atoms with van der Waals surface area (Å²) in [7, 11) is 0. The van der Waals surface area contributed by atoms with E-state index >= 15 is 0 Å². The Morgan fingerprint density at radius 2 is 1.75 bits per heavy atom. The van der Waals surface area contributed by atoms with Crippen molar-refractivity contribution in [2.24, 2.45) is 0 Å². The standard InChI is InChI=1S/C18H19FO/c1-3-14-8-9-16(12-15(14)4-2)18(20)11-13-6-5-7-17(19)10-13/h5-10,12H,3-4,11H2,1-2H3. The SMILES string of the molecule is CCc1ccc(C(=O)Cc2cccc(F)c2)cc1CC. The third-order valence-electron chi connectivity index (χ3n) is 3.54. The predicted octanol–water partition coefficient (Wildman–Crippen LogP) is 4.38. The first-order chi connectivity index (χ1) is 9.63. The molecule has 2 rings (SSSR count). The molecule has 1 nitrogen and oxygen atoms in total. The summed E-state index contributed by atoms with van der Waals surface area (Å²) >= 11 is 0. The van der Waals surface area contributed by atoms with E-state index in [2.05, 4.69) is 13.8 Å². The van der Waals surface area contributed by atoms with Crippen molar-refractivity contribution in [2.45, 2.75) is 33.1 Å². The van der Waals surface area contributed by atoms with Crippen molar-refractivity contribution in [3.63, 3.8) is 0 Å². The van der Waals surface area contributed by atoms with E-state index in [1.807, 2.05) is 18.2 Å². The van der Waals surface area contributed by atoms with E-state index in [1.165, 1.54) is 23.3 Å². The molecule has 0 amide bonds. The smallest absolute Gasteiger partial charge is 0.167 e. The largest absolute Gasteiger partial charge is 0.294 e. The number of hydrogen-bond acceptors (Lipinski definition) is 1. The molecule has 0 aromatic heterocycles. The Bertz CT molecular complexity index is 617. The summed E-state index contributed by atoms with van der Waals surface area (Å²) in [5.41, 5.74) is 3.93. The van der Waals surface area contributed by atoms with Gasteiger partial charge in [0.1, 0.15) is 5.82 Å². The molecule has 20 heavy (non-hydrogen) atoms. The Balaban J connectivity index is 2.21. The van der Waals surface area contributed by atoms with Crippen LogP contribution in [0.3, 0.4) is 0 Å². The lowest BCUT2D eigenvalue weighted by molar-refractivity contribution is 0.0993. The van der Waals surface area contributed by atoms with E-state index < -0.39 is 0 Å². The zero-order chi connectivity index (χ0) is 14.5. The topological polar surface area (TPSA) is 17.1 Å². The lowest BCUT2D eigenvalue weighted by Gasteiger charge is -2.08. The van der Waals surface area contributed by atoms with Crippen molar-refractivity contribution in [3.05, 3.63) is 70.5 Å². The van der Waals surface area contributed by atoms with Crippen molar-refractivity contribution in [2.75, 3.05) is 0 Å². The minimum Gasteiger partial charge on any atom is -0.294 e. The number of halogens is 1. The molecule has 0 saturated carbocycles. The third kappa shape index (κ3) is 3.32. The van der Waals surface area contributed by atoms with Crippen molar-refractivity contribution in [1.82, 2.24) is 0 Å². The minimum atomic E-state index is -0.300. The van der Waals surface area contributed by atoms with Gasteiger partial charge in [-0.1, -0.05) is 38.1 Å². The predicted molar refractivity (Wildman–Crippen MR) is 79.6 cm³/mol. The molecular weight excluding hydrogens is 251 g/mol. The molecule has 0 fully saturated rings. The Kier molecular flexibility index (Phi) is 4.67. The molecule has 0 aliphatic heterocycles. The van der Waals surface area contributed by atoms with Crippen LogP contribution in [-0.2, 0) is 19.3 Å². The molecule has 2 aromatic carbocycles. The van der Waals surface area contributed by atoms with Crippen LogP contribution in [0.5, 0.6) is 0 Å². The van der Waals surface area contributed by atoms with Gasteiger partial charge in [0, 0.05) is 12.0 Å². The maximum atomic E-state index is 13.1. The fourth-order valence-electron chi connectivity index (χ4n) is 2.41. The van der Waals surface area contributed by atoms with E-state index in [9.17, 15) is 9.18 Å². The van der Waals surface area contributed by atoms with Crippen LogP contribution in [0.25, 0.3) is 0 Å². The quantitative estimate of drug-likeness (QED) is 0.737. The van der Waals surface area contributed by atoms with Crippen LogP contribution in [0, 0.1) is 5.82 Å². The molecule has 0 unspecified atom stereocenters. The first kappa shape index (κ1) is 14.4. The molecule has 0 aliphatic carbocycles. The van der Waals surface area contributed by atoms with Crippen molar-refractivity contribution >= 4 is 5.78 Å². The Hall–Kier alpha value is -1.96. The Morgan fingerprint density at radius 3 is 2.40 bits per heavy atom. The monoisotopic (exact) mass is 270 g/mol. The average molecular weight is 270 g/mol. The first-order valence-electron chi connectivity index (χ1n) is 7.03. The summed E-state index contributed by atoms with van der Waals surface area (Å²) < 4.78 is 13.1. The fraction of sp³-hybridized carbons (Fsp3) is 0.278. The van der Waals surface area contributed by atoms with Gasteiger partial charge in [-0.05, 0) is 47.7 Å². The number of aryl methyl sites for hydroxylation is 2. The maximum absolute atomic E-state index is 13.1. The van der Waals surface area contributed by atoms with Crippen LogP contribution < -0.4 is 0 Å². The van der Waals surface area contributed by atoms with Gasteiger partial charge < -0.3 is 0 Å². The van der Waals surface area contributed by atoms with Crippen molar-refractivity contribution in [1.29, 1.82) is 0 Å². The highest BCUT2D eigenvalue weighted by Gasteiger charge is 2.10. The highest BCUT2D eigenvalue weighted by Crippen LogP contribution is 2.16. The molecule has 0 saturated heterocycles. The number of ketones is 1. The van der Waals surface area contributed by atoms with Crippen molar-refractivity contribution in [3.8, 4) is 0 Å². The maximum Gasteiger partial charge on any atom is 0.167 e. The van der Waals surface area contributed by atoms with Crippen LogP contribution in [-0.4, -0.2) is 5.78 Å². The van der Waals surface area contributed by atoms with E-state index in [0.717, 1.165) is 12.8 Å². The lowest BCUT2D eigenvalue weighted by Crippen LogP contribution is -2.05. The second kappa shape index (κ2) is 6.47. The lowest BCUT2D eigenvalue weighted by atomic mass is 9.96. The molecule has 0 bridgehead atoms. The molecule has 0 aliphatic rings. The van der Waals surface area contributed by atoms with Gasteiger partial charge in [0.05, 0.1) is 0 Å². The van der Waals surface area contributed by atoms with Gasteiger partial charge in [-0.2, -0.15) is 0 Å². The van der Waals surface area contributed by atoms with Gasteiger partial charge in [0.25, 0.3) is 0 Å². The molecule has 104 valence electrons. The summed E-state index contributed by atoms with van der Waals surface area (Å²) in [6, 6.07) is 12.1. The van der Waals surface area contributed by atoms with Gasteiger partial charge in [-0.3, -0.25) is 4.79 Å². The van der Waals surface area contributed by atoms with E-state index in [4.69, 9.17) is 0 Å². The second-order valence-corrected chi connectivity index (χ2v) is 4.92. The molecule has 2 aromatic rings. The van der Waals surface area contributed by atoms with Gasteiger partial charge in [0.2, 0.25) is 0 Å². The van der Waals surface area contributed by atoms with Gasteiger partial charge in [0.15, 0.2) is 5.78 Å². The Morgan fingerprint density at radius 1 is 1.00 bits per heavy atom. The number of carbonyl (C=O) groups is 1. The summed E-state index contributed by atoms with van der Waals surface area (Å²) in [6.07, 6.45) is 2.14. The molecule has 0 atom stereocenters. The third-order valence-corrected chi connectivity index (χ3v) is 3.54. The van der Waals surface area contributed by atoms with E-state index in [-0.39, 0.29) is 18.0 Å². The normalized spacial score (nSPS) is 10.6. The second-order valence-electron chi connectivity index (χ2n) is 4.92. The van der Waals surface area contributed by atoms with Crippen LogP contribution in [0.15, 0.2) is 42.5 Å². The number of rotatable bonds is 5. The number of hydrogen-bond donors (Lipinski definition) is 0. The molecule has 0 spiro atoms. The zero-order valence-electron chi connectivity index (χ0n) is 11.9. The summed E-state index contributed by atoms with van der Waals surface area (Å²) in [4.78, 5) is 12.3. The van der Waals surface area contributed by atoms with Crippen LogP contribution in [0.4, 0.5) is 4.39 Å². The van der Waals surface area contributed by atoms with E-state index in [1.54, 1.807) is 12.1 Å². The molecule has 0 N–H and O–H groups in total. The molecule has 0 heterocycles. The van der Waals surface area contributed by atoms with Crippen LogP contribution in [0.2, 0.25) is 0 Å². The highest BCUT2D eigenvalue weighted by molar-refractivity contribution is 5.97. The van der Waals surface area contributed by atoms with Crippen molar-refractivity contribution < 1.29 is 9.18 Å². The van der Waals surface area contributed by atoms with Crippen LogP contribution >= 0.6 is 0 Å². The zero-order valence-corrected chi connectivity index (χ0v) is 11.9. The minimum absolute atomic E-state index is 0.0351. The van der Waals surface area contributed by atoms with Gasteiger partial charge in [-0.15, -0.1) is 0 Å². The number of benzene rings is 2. The Labute approximate surface area is 119 Å². The van der Waals surface area contributed by atoms with Gasteiger partial charge in [-0.25, -0.2) is 4.39 Å². The summed E-state index contributed by atoms with van der Waals surface area (Å²) in [5.74, 6) is -0.265. The highest BCUT2D eigenvalue weighted by atomic mass is 19.1. The molecule has 2 heteroatoms. The van der Waals surface area contributed by atoms with Gasteiger partial charge >= 0.3 is 0 Å². The summed E-state index contributed by atoms with van der Waals surface area (Å²) in [5, 5.41) is 0. The summed E-state index contributed by atoms with van der Waals surface area (Å²) in [6.45, 7) is 4.21.